The Balaban J connectivity index is 0.00000256. The molecule has 9 heteroatoms. The third kappa shape index (κ3) is 4.35. The molecule has 1 saturated heterocycles. The highest BCUT2D eigenvalue weighted by Gasteiger charge is 2.42. The lowest BCUT2D eigenvalue weighted by Gasteiger charge is -2.49. The molecule has 166 valence electrons. The van der Waals surface area contributed by atoms with Crippen LogP contribution in [0.1, 0.15) is 64.1 Å². The number of aromatic nitrogens is 4. The number of nitrogens with one attached hydrogen (secondary N) is 2. The van der Waals surface area contributed by atoms with Gasteiger partial charge in [-0.1, -0.05) is 20.8 Å². The van der Waals surface area contributed by atoms with Gasteiger partial charge in [0.15, 0.2) is 11.5 Å². The molecule has 0 aliphatic carbocycles. The lowest BCUT2D eigenvalue weighted by molar-refractivity contribution is 0.0871. The Morgan fingerprint density at radius 1 is 1.27 bits per heavy atom. The van der Waals surface area contributed by atoms with E-state index in [0.29, 0.717) is 23.3 Å². The Kier molecular flexibility index (Phi) is 6.50. The zero-order chi connectivity index (χ0) is 21.9. The highest BCUT2D eigenvalue weighted by Crippen LogP contribution is 2.36. The number of amides is 1. The molecule has 1 unspecified atom stereocenters. The number of hydrogen-bond acceptors (Lipinski definition) is 8. The van der Waals surface area contributed by atoms with Crippen molar-refractivity contribution in [1.82, 2.24) is 25.5 Å². The van der Waals surface area contributed by atoms with Gasteiger partial charge in [0.2, 0.25) is 5.95 Å². The predicted molar refractivity (Wildman–Crippen MR) is 120 cm³/mol. The summed E-state index contributed by atoms with van der Waals surface area (Å²) in [5, 5.41) is 23.8. The van der Waals surface area contributed by atoms with Crippen LogP contribution >= 0.6 is 0 Å². The van der Waals surface area contributed by atoms with Gasteiger partial charge < -0.3 is 20.6 Å². The van der Waals surface area contributed by atoms with E-state index in [1.54, 1.807) is 7.05 Å². The highest BCUT2D eigenvalue weighted by molar-refractivity contribution is 5.93. The number of carbonyl (C=O) groups excluding carboxylic acids is 1. The fraction of sp³-hybridized carbons (Fsp3) is 0.571. The van der Waals surface area contributed by atoms with E-state index in [1.165, 1.54) is 0 Å². The van der Waals surface area contributed by atoms with Crippen molar-refractivity contribution in [2.45, 2.75) is 46.5 Å². The second kappa shape index (κ2) is 8.91. The molecule has 1 aliphatic heterocycles. The Bertz CT molecular complexity index is 917. The molecule has 0 bridgehead atoms. The van der Waals surface area contributed by atoms with Crippen molar-refractivity contribution in [3.05, 3.63) is 29.1 Å². The number of aliphatic hydroxyl groups is 1. The maximum absolute atomic E-state index is 12.2. The number of carbonyl (C=O) groups is 1. The maximum atomic E-state index is 12.2. The number of aryl methyl sites for hydroxylation is 1. The fourth-order valence-electron chi connectivity index (χ4n) is 3.59. The zero-order valence-corrected chi connectivity index (χ0v) is 18.4. The van der Waals surface area contributed by atoms with Crippen LogP contribution < -0.4 is 15.5 Å². The quantitative estimate of drug-likeness (QED) is 0.600. The second-order valence-electron chi connectivity index (χ2n) is 8.11. The molecule has 1 fully saturated rings. The first kappa shape index (κ1) is 21.9. The molecule has 0 radical (unpaired) electrons. The molecule has 2 aromatic rings. The van der Waals surface area contributed by atoms with Crippen molar-refractivity contribution in [1.29, 1.82) is 0 Å². The van der Waals surface area contributed by atoms with Gasteiger partial charge in [-0.3, -0.25) is 4.79 Å². The summed E-state index contributed by atoms with van der Waals surface area (Å²) in [6.07, 6.45) is 1.80. The molecule has 0 spiro atoms. The van der Waals surface area contributed by atoms with Crippen LogP contribution in [0.2, 0.25) is 0 Å². The predicted octanol–water partition coefficient (Wildman–Crippen LogP) is 2.89. The Labute approximate surface area is 180 Å². The summed E-state index contributed by atoms with van der Waals surface area (Å²) < 4.78 is 0. The summed E-state index contributed by atoms with van der Waals surface area (Å²) >= 11 is 0. The van der Waals surface area contributed by atoms with E-state index in [2.05, 4.69) is 56.5 Å². The minimum atomic E-state index is -0.245. The standard InChI is InChI=1S/C21H31N7O2.2H2/c1-6-13(3)15-9-17(26-27-18(15)19(30)22-5)24-16-8-14(4)23-20(25-16)28-10-21(7-2,11-28)12-29;;/h8-9,13,29H,6-7,10-12H2,1-5H3,(H,22,30)(H,23,24,25,26);2*1H. The summed E-state index contributed by atoms with van der Waals surface area (Å²) in [5.74, 6) is 1.70. The van der Waals surface area contributed by atoms with Crippen molar-refractivity contribution < 1.29 is 12.8 Å². The first-order valence-electron chi connectivity index (χ1n) is 10.4. The minimum absolute atomic E-state index is 0. The van der Waals surface area contributed by atoms with Crippen molar-refractivity contribution in [3.63, 3.8) is 0 Å². The highest BCUT2D eigenvalue weighted by atomic mass is 16.3. The topological polar surface area (TPSA) is 116 Å². The van der Waals surface area contributed by atoms with Crippen molar-refractivity contribution in [3.8, 4) is 0 Å². The van der Waals surface area contributed by atoms with Crippen LogP contribution in [-0.4, -0.2) is 57.9 Å². The van der Waals surface area contributed by atoms with Crippen molar-refractivity contribution >= 4 is 23.5 Å². The molecular weight excluding hydrogens is 382 g/mol. The number of aliphatic hydroxyl groups excluding tert-OH is 1. The average molecular weight is 418 g/mol. The molecule has 3 rings (SSSR count). The molecular formula is C21H35N7O2. The van der Waals surface area contributed by atoms with E-state index in [0.717, 1.165) is 37.2 Å². The van der Waals surface area contributed by atoms with Gasteiger partial charge in [0.05, 0.1) is 6.61 Å². The van der Waals surface area contributed by atoms with Crippen LogP contribution in [0.5, 0.6) is 0 Å². The summed E-state index contributed by atoms with van der Waals surface area (Å²) in [4.78, 5) is 23.4. The SMILES string of the molecule is CCC(C)c1cc(Nc2cc(C)nc(N3CC(CC)(CO)C3)n2)nnc1C(=O)NC.[HH].[HH]. The molecule has 1 amide bonds. The monoisotopic (exact) mass is 417 g/mol. The Morgan fingerprint density at radius 2 is 2.00 bits per heavy atom. The number of rotatable bonds is 8. The van der Waals surface area contributed by atoms with E-state index in [1.807, 2.05) is 19.1 Å². The van der Waals surface area contributed by atoms with Crippen molar-refractivity contribution in [2.75, 3.05) is 37.0 Å². The number of anilines is 3. The number of hydrogen-bond donors (Lipinski definition) is 3. The first-order chi connectivity index (χ1) is 14.3. The normalized spacial score (nSPS) is 16.0. The zero-order valence-electron chi connectivity index (χ0n) is 18.4. The van der Waals surface area contributed by atoms with Crippen LogP contribution in [0, 0.1) is 12.3 Å². The van der Waals surface area contributed by atoms with Gasteiger partial charge in [0.1, 0.15) is 5.82 Å². The minimum Gasteiger partial charge on any atom is -0.396 e. The fourth-order valence-corrected chi connectivity index (χ4v) is 3.59. The first-order valence-corrected chi connectivity index (χ1v) is 10.4. The Morgan fingerprint density at radius 3 is 2.60 bits per heavy atom. The molecule has 1 atom stereocenters. The molecule has 9 nitrogen and oxygen atoms in total. The van der Waals surface area contributed by atoms with Gasteiger partial charge in [-0.2, -0.15) is 4.98 Å². The second-order valence-corrected chi connectivity index (χ2v) is 8.11. The van der Waals surface area contributed by atoms with Gasteiger partial charge in [-0.15, -0.1) is 10.2 Å². The van der Waals surface area contributed by atoms with Gasteiger partial charge in [-0.05, 0) is 37.3 Å². The van der Waals surface area contributed by atoms with Crippen LogP contribution in [0.3, 0.4) is 0 Å². The van der Waals surface area contributed by atoms with Gasteiger partial charge >= 0.3 is 0 Å². The lowest BCUT2D eigenvalue weighted by Crippen LogP contribution is -2.58. The molecule has 3 N–H and O–H groups in total. The molecule has 0 aromatic carbocycles. The molecule has 0 saturated carbocycles. The molecule has 3 heterocycles. The third-order valence-corrected chi connectivity index (χ3v) is 5.93. The van der Waals surface area contributed by atoms with E-state index in [4.69, 9.17) is 0 Å². The van der Waals surface area contributed by atoms with Crippen LogP contribution in [0.15, 0.2) is 12.1 Å². The Hall–Kier alpha value is -2.81. The van der Waals surface area contributed by atoms with Gasteiger partial charge in [-0.25, -0.2) is 4.98 Å². The summed E-state index contributed by atoms with van der Waals surface area (Å²) in [6.45, 7) is 9.78. The summed E-state index contributed by atoms with van der Waals surface area (Å²) in [6, 6.07) is 3.71. The van der Waals surface area contributed by atoms with Crippen LogP contribution in [0.4, 0.5) is 17.6 Å². The van der Waals surface area contributed by atoms with Gasteiger partial charge in [0, 0.05) is 40.2 Å². The van der Waals surface area contributed by atoms with E-state index in [-0.39, 0.29) is 26.7 Å². The van der Waals surface area contributed by atoms with Crippen LogP contribution in [0.25, 0.3) is 0 Å². The molecule has 2 aromatic heterocycles. The van der Waals surface area contributed by atoms with Gasteiger partial charge in [0.25, 0.3) is 5.91 Å². The maximum Gasteiger partial charge on any atom is 0.271 e. The van der Waals surface area contributed by atoms with E-state index in [9.17, 15) is 9.90 Å². The third-order valence-electron chi connectivity index (χ3n) is 5.93. The van der Waals surface area contributed by atoms with Crippen molar-refractivity contribution in [2.24, 2.45) is 5.41 Å². The van der Waals surface area contributed by atoms with E-state index >= 15 is 0 Å². The smallest absolute Gasteiger partial charge is 0.271 e. The van der Waals surface area contributed by atoms with E-state index < -0.39 is 0 Å². The molecule has 1 aliphatic rings. The average Bonchev–Trinajstić information content (AvgIpc) is 2.72. The number of nitrogens with zero attached hydrogens (tertiary/aromatic N) is 5. The largest absolute Gasteiger partial charge is 0.396 e. The lowest BCUT2D eigenvalue weighted by atomic mass is 9.78. The molecule has 30 heavy (non-hydrogen) atoms. The summed E-state index contributed by atoms with van der Waals surface area (Å²) in [7, 11) is 1.58. The summed E-state index contributed by atoms with van der Waals surface area (Å²) in [5.41, 5.74) is 1.96. The van der Waals surface area contributed by atoms with Crippen LogP contribution in [-0.2, 0) is 0 Å².